The molecular weight excluding hydrogens is 340 g/mol. The third kappa shape index (κ3) is 2.84. The molecule has 2 aliphatic rings. The van der Waals surface area contributed by atoms with Gasteiger partial charge in [-0.25, -0.2) is 4.98 Å². The Balaban J connectivity index is 1.53. The Kier molecular flexibility index (Phi) is 4.07. The van der Waals surface area contributed by atoms with Crippen LogP contribution in [0.15, 0.2) is 11.1 Å². The average Bonchev–Trinajstić information content (AvgIpc) is 3.18. The minimum absolute atomic E-state index is 0.00632. The van der Waals surface area contributed by atoms with Gasteiger partial charge in [-0.05, 0) is 37.7 Å². The van der Waals surface area contributed by atoms with E-state index in [0.29, 0.717) is 31.3 Å². The van der Waals surface area contributed by atoms with Gasteiger partial charge in [0.1, 0.15) is 11.4 Å². The summed E-state index contributed by atoms with van der Waals surface area (Å²) in [4.78, 5) is 44.7. The molecule has 2 aromatic rings. The van der Waals surface area contributed by atoms with Crippen molar-refractivity contribution in [3.63, 3.8) is 0 Å². The van der Waals surface area contributed by atoms with E-state index in [1.165, 1.54) is 15.8 Å². The van der Waals surface area contributed by atoms with Crippen molar-refractivity contribution in [3.05, 3.63) is 27.1 Å². The molecule has 8 heteroatoms. The van der Waals surface area contributed by atoms with Crippen LogP contribution in [0.1, 0.15) is 29.7 Å². The molecule has 0 atom stereocenters. The van der Waals surface area contributed by atoms with Gasteiger partial charge in [-0.15, -0.1) is 11.3 Å². The summed E-state index contributed by atoms with van der Waals surface area (Å²) in [5.74, 6) is -0.569. The Morgan fingerprint density at radius 1 is 1.28 bits per heavy atom. The van der Waals surface area contributed by atoms with E-state index in [0.717, 1.165) is 29.7 Å². The van der Waals surface area contributed by atoms with Crippen LogP contribution >= 0.6 is 11.3 Å². The van der Waals surface area contributed by atoms with E-state index < -0.39 is 0 Å². The number of rotatable bonds is 3. The van der Waals surface area contributed by atoms with Crippen LogP contribution in [0.5, 0.6) is 0 Å². The van der Waals surface area contributed by atoms with Crippen LogP contribution in [0.4, 0.5) is 0 Å². The maximum atomic E-state index is 12.8. The average molecular weight is 360 g/mol. The number of carbonyl (C=O) groups is 2. The van der Waals surface area contributed by atoms with Gasteiger partial charge < -0.3 is 10.6 Å². The minimum Gasteiger partial charge on any atom is -0.369 e. The number of carbonyl (C=O) groups excluding carboxylic acids is 2. The fourth-order valence-electron chi connectivity index (χ4n) is 3.79. The van der Waals surface area contributed by atoms with E-state index in [-0.39, 0.29) is 29.8 Å². The van der Waals surface area contributed by atoms with Crippen molar-refractivity contribution in [3.8, 4) is 0 Å². The van der Waals surface area contributed by atoms with Crippen LogP contribution in [0.25, 0.3) is 10.2 Å². The first-order valence-electron chi connectivity index (χ1n) is 8.61. The Labute approximate surface area is 148 Å². The Bertz CT molecular complexity index is 908. The second kappa shape index (κ2) is 6.25. The van der Waals surface area contributed by atoms with Crippen molar-refractivity contribution in [2.45, 2.75) is 38.6 Å². The summed E-state index contributed by atoms with van der Waals surface area (Å²) in [5.41, 5.74) is 6.33. The molecule has 2 amide bonds. The lowest BCUT2D eigenvalue weighted by Gasteiger charge is -2.30. The highest BCUT2D eigenvalue weighted by Crippen LogP contribution is 2.34. The summed E-state index contributed by atoms with van der Waals surface area (Å²) in [6.07, 6.45) is 5.68. The third-order valence-electron chi connectivity index (χ3n) is 5.25. The van der Waals surface area contributed by atoms with E-state index in [4.69, 9.17) is 5.73 Å². The topological polar surface area (TPSA) is 98.3 Å². The molecule has 1 fully saturated rings. The molecule has 0 aromatic carbocycles. The maximum Gasteiger partial charge on any atom is 0.262 e. The van der Waals surface area contributed by atoms with Crippen LogP contribution in [-0.2, 0) is 29.0 Å². The second-order valence-corrected chi connectivity index (χ2v) is 7.86. The molecule has 0 unspecified atom stereocenters. The fourth-order valence-corrected chi connectivity index (χ4v) is 5.01. The van der Waals surface area contributed by atoms with Gasteiger partial charge in [-0.1, -0.05) is 0 Å². The molecule has 0 radical (unpaired) electrons. The number of piperidine rings is 1. The highest BCUT2D eigenvalue weighted by Gasteiger charge is 2.27. The molecule has 4 rings (SSSR count). The summed E-state index contributed by atoms with van der Waals surface area (Å²) >= 11 is 1.60. The molecule has 1 aliphatic heterocycles. The van der Waals surface area contributed by atoms with Crippen LogP contribution in [0.2, 0.25) is 0 Å². The SMILES string of the molecule is NC(=O)C1CCN(C(=O)Cn2cnc3sc4c(c3c2=O)CCC4)CC1. The molecule has 0 bridgehead atoms. The minimum atomic E-state index is -0.302. The summed E-state index contributed by atoms with van der Waals surface area (Å²) in [5, 5.41) is 0.695. The smallest absolute Gasteiger partial charge is 0.262 e. The molecule has 2 N–H and O–H groups in total. The normalized spacial score (nSPS) is 17.8. The number of aryl methyl sites for hydroxylation is 2. The number of amides is 2. The van der Waals surface area contributed by atoms with Gasteiger partial charge in [0, 0.05) is 23.9 Å². The number of hydrogen-bond donors (Lipinski definition) is 1. The first-order chi connectivity index (χ1) is 12.0. The van der Waals surface area contributed by atoms with Gasteiger partial charge in [0.25, 0.3) is 5.56 Å². The number of thiophene rings is 1. The molecular formula is C17H20N4O3S. The van der Waals surface area contributed by atoms with Crippen molar-refractivity contribution in [1.29, 1.82) is 0 Å². The fraction of sp³-hybridized carbons (Fsp3) is 0.529. The quantitative estimate of drug-likeness (QED) is 0.870. The largest absolute Gasteiger partial charge is 0.369 e. The van der Waals surface area contributed by atoms with Crippen molar-refractivity contribution in [2.75, 3.05) is 13.1 Å². The number of likely N-dealkylation sites (tertiary alicyclic amines) is 1. The highest BCUT2D eigenvalue weighted by molar-refractivity contribution is 7.18. The van der Waals surface area contributed by atoms with E-state index in [2.05, 4.69) is 4.98 Å². The summed E-state index contributed by atoms with van der Waals surface area (Å²) in [6.45, 7) is 1.00. The number of primary amides is 1. The van der Waals surface area contributed by atoms with Crippen molar-refractivity contribution in [1.82, 2.24) is 14.5 Å². The standard InChI is InChI=1S/C17H20N4O3S/c18-15(23)10-4-6-20(7-5-10)13(22)8-21-9-19-16-14(17(21)24)11-2-1-3-12(11)25-16/h9-10H,1-8H2,(H2,18,23). The Morgan fingerprint density at radius 3 is 2.76 bits per heavy atom. The molecule has 1 saturated heterocycles. The number of nitrogens with two attached hydrogens (primary N) is 1. The first kappa shape index (κ1) is 16.3. The lowest BCUT2D eigenvalue weighted by molar-refractivity contribution is -0.135. The van der Waals surface area contributed by atoms with E-state index >= 15 is 0 Å². The zero-order valence-electron chi connectivity index (χ0n) is 13.9. The first-order valence-corrected chi connectivity index (χ1v) is 9.43. The van der Waals surface area contributed by atoms with Gasteiger partial charge >= 0.3 is 0 Å². The van der Waals surface area contributed by atoms with Crippen molar-refractivity contribution in [2.24, 2.45) is 11.7 Å². The van der Waals surface area contributed by atoms with E-state index in [9.17, 15) is 14.4 Å². The zero-order chi connectivity index (χ0) is 17.6. The second-order valence-electron chi connectivity index (χ2n) is 6.77. The molecule has 0 saturated carbocycles. The molecule has 2 aromatic heterocycles. The number of hydrogen-bond acceptors (Lipinski definition) is 5. The number of aromatic nitrogens is 2. The summed E-state index contributed by atoms with van der Waals surface area (Å²) in [7, 11) is 0. The van der Waals surface area contributed by atoms with Crippen LogP contribution in [-0.4, -0.2) is 39.4 Å². The Hall–Kier alpha value is -2.22. The van der Waals surface area contributed by atoms with Gasteiger partial charge in [0.15, 0.2) is 0 Å². The predicted octanol–water partition coefficient (Wildman–Crippen LogP) is 0.671. The van der Waals surface area contributed by atoms with E-state index in [1.807, 2.05) is 0 Å². The molecule has 1 aliphatic carbocycles. The van der Waals surface area contributed by atoms with Crippen molar-refractivity contribution >= 4 is 33.4 Å². The highest BCUT2D eigenvalue weighted by atomic mass is 32.1. The molecule has 25 heavy (non-hydrogen) atoms. The summed E-state index contributed by atoms with van der Waals surface area (Å²) in [6, 6.07) is 0. The zero-order valence-corrected chi connectivity index (χ0v) is 14.7. The maximum absolute atomic E-state index is 12.8. The predicted molar refractivity (Wildman–Crippen MR) is 94.4 cm³/mol. The van der Waals surface area contributed by atoms with E-state index in [1.54, 1.807) is 16.2 Å². The summed E-state index contributed by atoms with van der Waals surface area (Å²) < 4.78 is 1.41. The number of nitrogens with zero attached hydrogens (tertiary/aromatic N) is 3. The third-order valence-corrected chi connectivity index (χ3v) is 6.45. The van der Waals surface area contributed by atoms with Gasteiger partial charge in [-0.2, -0.15) is 0 Å². The molecule has 3 heterocycles. The Morgan fingerprint density at radius 2 is 2.04 bits per heavy atom. The molecule has 132 valence electrons. The van der Waals surface area contributed by atoms with Crippen LogP contribution < -0.4 is 11.3 Å². The van der Waals surface area contributed by atoms with Gasteiger partial charge in [0.05, 0.1) is 11.7 Å². The van der Waals surface area contributed by atoms with Crippen LogP contribution in [0, 0.1) is 5.92 Å². The van der Waals surface area contributed by atoms with Crippen molar-refractivity contribution < 1.29 is 9.59 Å². The lowest BCUT2D eigenvalue weighted by atomic mass is 9.96. The number of fused-ring (bicyclic) bond motifs is 3. The molecule has 7 nitrogen and oxygen atoms in total. The van der Waals surface area contributed by atoms with Gasteiger partial charge in [-0.3, -0.25) is 19.0 Å². The monoisotopic (exact) mass is 360 g/mol. The lowest BCUT2D eigenvalue weighted by Crippen LogP contribution is -2.43. The van der Waals surface area contributed by atoms with Crippen LogP contribution in [0.3, 0.4) is 0 Å². The molecule has 0 spiro atoms. The van der Waals surface area contributed by atoms with Gasteiger partial charge in [0.2, 0.25) is 11.8 Å².